The van der Waals surface area contributed by atoms with Crippen LogP contribution in [-0.4, -0.2) is 53.6 Å². The number of aromatic amines is 1. The number of nitrogens with zero attached hydrogens (tertiary/aromatic N) is 2. The van der Waals surface area contributed by atoms with Gasteiger partial charge in [-0.1, -0.05) is 13.8 Å². The molecule has 2 aliphatic heterocycles. The van der Waals surface area contributed by atoms with Crippen LogP contribution in [0.5, 0.6) is 0 Å². The third kappa shape index (κ3) is 5.21. The summed E-state index contributed by atoms with van der Waals surface area (Å²) in [4.78, 5) is 2.22. The van der Waals surface area contributed by atoms with Crippen molar-refractivity contribution in [2.24, 2.45) is 0 Å². The van der Waals surface area contributed by atoms with Crippen LogP contribution >= 0.6 is 0 Å². The van der Waals surface area contributed by atoms with Gasteiger partial charge in [0.2, 0.25) is 0 Å². The molecule has 0 spiro atoms. The van der Waals surface area contributed by atoms with E-state index in [4.69, 9.17) is 4.74 Å². The highest BCUT2D eigenvalue weighted by Crippen LogP contribution is 2.18. The number of piperidine rings is 1. The van der Waals surface area contributed by atoms with Gasteiger partial charge in [0.15, 0.2) is 0 Å². The molecule has 1 N–H and O–H groups in total. The van der Waals surface area contributed by atoms with Crippen LogP contribution in [-0.2, 0) is 4.74 Å². The molecule has 2 saturated heterocycles. The molecule has 2 fully saturated rings. The van der Waals surface area contributed by atoms with Crippen molar-refractivity contribution in [2.45, 2.75) is 52.8 Å². The van der Waals surface area contributed by atoms with E-state index in [1.54, 1.807) is 0 Å². The molecule has 1 unspecified atom stereocenters. The first-order valence-corrected chi connectivity index (χ1v) is 7.59. The Morgan fingerprint density at radius 3 is 2.40 bits per heavy atom. The number of likely N-dealkylation sites (tertiary alicyclic amines) is 1. The van der Waals surface area contributed by atoms with Crippen molar-refractivity contribution in [2.75, 3.05) is 26.3 Å². The first-order chi connectivity index (χ1) is 9.66. The van der Waals surface area contributed by atoms with Gasteiger partial charge in [-0.3, -0.25) is 10.00 Å². The number of H-pyrrole nitrogens is 1. The second-order valence-corrected chi connectivity index (χ2v) is 5.10. The van der Waals surface area contributed by atoms with Crippen molar-refractivity contribution < 1.29 is 9.13 Å². The lowest BCUT2D eigenvalue weighted by Crippen LogP contribution is -2.52. The number of hydrogen-bond acceptors (Lipinski definition) is 3. The molecule has 0 bridgehead atoms. The first kappa shape index (κ1) is 17.1. The summed E-state index contributed by atoms with van der Waals surface area (Å²) >= 11 is 0. The summed E-state index contributed by atoms with van der Waals surface area (Å²) in [6.45, 7) is 11.4. The average molecular weight is 285 g/mol. The Morgan fingerprint density at radius 2 is 2.05 bits per heavy atom. The van der Waals surface area contributed by atoms with Crippen molar-refractivity contribution in [3.63, 3.8) is 0 Å². The fourth-order valence-electron chi connectivity index (χ4n) is 2.13. The molecular formula is C15H28FN3O. The van der Waals surface area contributed by atoms with Gasteiger partial charge in [-0.25, -0.2) is 4.39 Å². The number of hydrogen-bond donors (Lipinski definition) is 1. The van der Waals surface area contributed by atoms with E-state index >= 15 is 0 Å². The molecule has 0 saturated carbocycles. The lowest BCUT2D eigenvalue weighted by atomic mass is 10.1. The minimum Gasteiger partial charge on any atom is -0.378 e. The van der Waals surface area contributed by atoms with E-state index < -0.39 is 6.17 Å². The van der Waals surface area contributed by atoms with Gasteiger partial charge in [0.25, 0.3) is 0 Å². The van der Waals surface area contributed by atoms with Crippen LogP contribution in [0.4, 0.5) is 4.39 Å². The van der Waals surface area contributed by atoms with E-state index in [1.165, 1.54) is 5.56 Å². The van der Waals surface area contributed by atoms with E-state index in [2.05, 4.69) is 15.1 Å². The average Bonchev–Trinajstić information content (AvgIpc) is 2.75. The fraction of sp³-hybridized carbons (Fsp3) is 0.800. The van der Waals surface area contributed by atoms with Crippen LogP contribution in [0.1, 0.15) is 37.9 Å². The molecule has 1 aromatic rings. The normalized spacial score (nSPS) is 22.9. The maximum Gasteiger partial charge on any atom is 0.113 e. The maximum atomic E-state index is 12.9. The molecule has 3 rings (SSSR count). The van der Waals surface area contributed by atoms with Crippen LogP contribution < -0.4 is 0 Å². The smallest absolute Gasteiger partial charge is 0.113 e. The van der Waals surface area contributed by atoms with Gasteiger partial charge in [0.05, 0.1) is 25.5 Å². The maximum absolute atomic E-state index is 12.9. The summed E-state index contributed by atoms with van der Waals surface area (Å²) in [7, 11) is 0. The number of aromatic nitrogens is 2. The standard InChI is InChI=1S/C8H14FNO.C5H8N2.C2H6/c9-7-2-1-3-10(4-7)8-5-11-6-8;1-4-3-6-7-5(4)2;1-2/h7-8H,1-6H2;3H,1-2H3,(H,6,7);1-2H3. The molecule has 1 atom stereocenters. The van der Waals surface area contributed by atoms with Crippen LogP contribution in [0.2, 0.25) is 0 Å². The molecule has 20 heavy (non-hydrogen) atoms. The lowest BCUT2D eigenvalue weighted by molar-refractivity contribution is -0.0780. The fourth-order valence-corrected chi connectivity index (χ4v) is 2.13. The minimum absolute atomic E-state index is 0.522. The van der Waals surface area contributed by atoms with E-state index in [0.717, 1.165) is 38.3 Å². The van der Waals surface area contributed by atoms with Crippen LogP contribution in [0, 0.1) is 13.8 Å². The highest BCUT2D eigenvalue weighted by Gasteiger charge is 2.29. The lowest BCUT2D eigenvalue weighted by Gasteiger charge is -2.40. The van der Waals surface area contributed by atoms with Gasteiger partial charge < -0.3 is 4.74 Å². The Bertz CT molecular complexity index is 349. The number of ether oxygens (including phenoxy) is 1. The van der Waals surface area contributed by atoms with E-state index in [-0.39, 0.29) is 0 Å². The van der Waals surface area contributed by atoms with Gasteiger partial charge in [-0.05, 0) is 38.8 Å². The van der Waals surface area contributed by atoms with Gasteiger partial charge in [0.1, 0.15) is 6.17 Å². The molecule has 0 amide bonds. The van der Waals surface area contributed by atoms with Crippen molar-refractivity contribution >= 4 is 0 Å². The summed E-state index contributed by atoms with van der Waals surface area (Å²) in [5.41, 5.74) is 2.38. The first-order valence-electron chi connectivity index (χ1n) is 7.59. The summed E-state index contributed by atoms with van der Waals surface area (Å²) in [5, 5.41) is 6.61. The molecule has 0 aromatic carbocycles. The zero-order valence-electron chi connectivity index (χ0n) is 13.2. The SMILES string of the molecule is CC.Cc1cn[nH]c1C.FC1CCCN(C2COC2)C1. The second kappa shape index (κ2) is 9.08. The summed E-state index contributed by atoms with van der Waals surface area (Å²) < 4.78 is 17.9. The molecule has 1 aromatic heterocycles. The van der Waals surface area contributed by atoms with E-state index in [9.17, 15) is 4.39 Å². The Morgan fingerprint density at radius 1 is 1.35 bits per heavy atom. The molecule has 5 heteroatoms. The Hall–Kier alpha value is -0.940. The topological polar surface area (TPSA) is 41.2 Å². The van der Waals surface area contributed by atoms with Crippen LogP contribution in [0.25, 0.3) is 0 Å². The highest BCUT2D eigenvalue weighted by atomic mass is 19.1. The third-order valence-electron chi connectivity index (χ3n) is 3.61. The third-order valence-corrected chi connectivity index (χ3v) is 3.61. The molecule has 4 nitrogen and oxygen atoms in total. The molecule has 2 aliphatic rings. The van der Waals surface area contributed by atoms with Crippen molar-refractivity contribution in [1.82, 2.24) is 15.1 Å². The molecule has 3 heterocycles. The van der Waals surface area contributed by atoms with Gasteiger partial charge >= 0.3 is 0 Å². The second-order valence-electron chi connectivity index (χ2n) is 5.10. The zero-order valence-corrected chi connectivity index (χ0v) is 13.2. The van der Waals surface area contributed by atoms with Crippen molar-refractivity contribution in [1.29, 1.82) is 0 Å². The van der Waals surface area contributed by atoms with Gasteiger partial charge in [0, 0.05) is 12.2 Å². The highest BCUT2D eigenvalue weighted by molar-refractivity contribution is 5.10. The molecule has 116 valence electrons. The van der Waals surface area contributed by atoms with Crippen molar-refractivity contribution in [3.05, 3.63) is 17.5 Å². The van der Waals surface area contributed by atoms with Crippen molar-refractivity contribution in [3.8, 4) is 0 Å². The van der Waals surface area contributed by atoms with Gasteiger partial charge in [-0.2, -0.15) is 5.10 Å². The van der Waals surface area contributed by atoms with Gasteiger partial charge in [-0.15, -0.1) is 0 Å². The summed E-state index contributed by atoms with van der Waals surface area (Å²) in [6, 6.07) is 0.522. The largest absolute Gasteiger partial charge is 0.378 e. The molecule has 0 aliphatic carbocycles. The van der Waals surface area contributed by atoms with Crippen LogP contribution in [0.15, 0.2) is 6.20 Å². The predicted molar refractivity (Wildman–Crippen MR) is 79.7 cm³/mol. The Labute approximate surface area is 121 Å². The number of rotatable bonds is 1. The Balaban J connectivity index is 0.000000193. The van der Waals surface area contributed by atoms with E-state index in [0.29, 0.717) is 12.6 Å². The number of aryl methyl sites for hydroxylation is 2. The number of nitrogens with one attached hydrogen (secondary N) is 1. The molecule has 0 radical (unpaired) electrons. The summed E-state index contributed by atoms with van der Waals surface area (Å²) in [6.07, 6.45) is 2.99. The number of alkyl halides is 1. The summed E-state index contributed by atoms with van der Waals surface area (Å²) in [5.74, 6) is 0. The quantitative estimate of drug-likeness (QED) is 0.862. The minimum atomic E-state index is -0.593. The zero-order chi connectivity index (χ0) is 15.0. The monoisotopic (exact) mass is 285 g/mol. The Kier molecular flexibility index (Phi) is 7.77. The number of halogens is 1. The molecular weight excluding hydrogens is 257 g/mol. The van der Waals surface area contributed by atoms with E-state index in [1.807, 2.05) is 33.9 Å². The predicted octanol–water partition coefficient (Wildman–Crippen LogP) is 2.87. The van der Waals surface area contributed by atoms with Crippen LogP contribution in [0.3, 0.4) is 0 Å².